The van der Waals surface area contributed by atoms with E-state index in [9.17, 15) is 13.6 Å². The first kappa shape index (κ1) is 28.1. The van der Waals surface area contributed by atoms with Crippen molar-refractivity contribution >= 4 is 12.0 Å². The molecule has 1 aliphatic heterocycles. The topological polar surface area (TPSA) is 42.0 Å². The minimum atomic E-state index is -0.616. The standard InChI is InChI=1S/C31H40F2N2O3/c1-22(14-24-11-12-26(32)17-30(24)33)19-35(31(36)25-15-28(37-2)18-29(16-25)38-3)21-27-10-7-13-34(27)20-23-8-5-4-6-9-23/h11-12,14-18,23,27H,4-10,13,19-21H2,1-3H3. The molecule has 1 saturated carbocycles. The first-order valence-electron chi connectivity index (χ1n) is 13.7. The van der Waals surface area contributed by atoms with Gasteiger partial charge in [0.15, 0.2) is 0 Å². The lowest BCUT2D eigenvalue weighted by Crippen LogP contribution is -2.45. The molecule has 2 fully saturated rings. The van der Waals surface area contributed by atoms with Gasteiger partial charge in [0, 0.05) is 48.9 Å². The predicted octanol–water partition coefficient (Wildman–Crippen LogP) is 6.57. The van der Waals surface area contributed by atoms with Crippen molar-refractivity contribution in [3.8, 4) is 11.5 Å². The molecule has 2 aromatic rings. The Morgan fingerprint density at radius 3 is 2.37 bits per heavy atom. The monoisotopic (exact) mass is 526 g/mol. The summed E-state index contributed by atoms with van der Waals surface area (Å²) in [5.74, 6) is 0.481. The van der Waals surface area contributed by atoms with Crippen LogP contribution in [-0.2, 0) is 0 Å². The number of hydrogen-bond acceptors (Lipinski definition) is 4. The van der Waals surface area contributed by atoms with E-state index in [1.807, 2.05) is 11.8 Å². The Morgan fingerprint density at radius 1 is 1.00 bits per heavy atom. The summed E-state index contributed by atoms with van der Waals surface area (Å²) >= 11 is 0. The summed E-state index contributed by atoms with van der Waals surface area (Å²) in [7, 11) is 3.12. The molecule has 2 aromatic carbocycles. The number of benzene rings is 2. The van der Waals surface area contributed by atoms with Gasteiger partial charge in [-0.15, -0.1) is 0 Å². The first-order valence-corrected chi connectivity index (χ1v) is 13.7. The van der Waals surface area contributed by atoms with Crippen LogP contribution >= 0.6 is 0 Å². The lowest BCUT2D eigenvalue weighted by molar-refractivity contribution is 0.0709. The van der Waals surface area contributed by atoms with E-state index in [2.05, 4.69) is 4.90 Å². The average Bonchev–Trinajstić information content (AvgIpc) is 3.35. The fourth-order valence-electron chi connectivity index (χ4n) is 5.86. The molecule has 206 valence electrons. The number of ether oxygens (including phenoxy) is 2. The van der Waals surface area contributed by atoms with E-state index >= 15 is 0 Å². The van der Waals surface area contributed by atoms with Crippen molar-refractivity contribution in [2.24, 2.45) is 5.92 Å². The predicted molar refractivity (Wildman–Crippen MR) is 147 cm³/mol. The van der Waals surface area contributed by atoms with E-state index in [4.69, 9.17) is 9.47 Å². The van der Waals surface area contributed by atoms with E-state index in [1.54, 1.807) is 38.5 Å². The van der Waals surface area contributed by atoms with Gasteiger partial charge in [0.05, 0.1) is 14.2 Å². The van der Waals surface area contributed by atoms with E-state index < -0.39 is 11.6 Å². The SMILES string of the molecule is COc1cc(OC)cc(C(=O)N(CC(C)=Cc2ccc(F)cc2F)CC2CCCN2CC2CCCCC2)c1. The molecular weight excluding hydrogens is 486 g/mol. The molecule has 1 saturated heterocycles. The normalized spacial score (nSPS) is 19.0. The Bertz CT molecular complexity index is 1110. The molecule has 0 bridgehead atoms. The van der Waals surface area contributed by atoms with Crippen LogP contribution in [0.25, 0.3) is 6.08 Å². The number of carbonyl (C=O) groups is 1. The summed E-state index contributed by atoms with van der Waals surface area (Å²) < 4.78 is 38.6. The van der Waals surface area contributed by atoms with Crippen molar-refractivity contribution in [2.75, 3.05) is 40.4 Å². The molecule has 1 aliphatic carbocycles. The molecule has 1 unspecified atom stereocenters. The van der Waals surface area contributed by atoms with Crippen LogP contribution in [0.4, 0.5) is 8.78 Å². The van der Waals surface area contributed by atoms with Crippen molar-refractivity contribution in [2.45, 2.75) is 57.9 Å². The van der Waals surface area contributed by atoms with Crippen LogP contribution in [0.3, 0.4) is 0 Å². The number of hydrogen-bond donors (Lipinski definition) is 0. The van der Waals surface area contributed by atoms with E-state index in [-0.39, 0.29) is 11.9 Å². The van der Waals surface area contributed by atoms with Crippen molar-refractivity contribution in [1.29, 1.82) is 0 Å². The fourth-order valence-corrected chi connectivity index (χ4v) is 5.86. The van der Waals surface area contributed by atoms with Gasteiger partial charge >= 0.3 is 0 Å². The second-order valence-corrected chi connectivity index (χ2v) is 10.7. The van der Waals surface area contributed by atoms with Crippen molar-refractivity contribution in [3.63, 3.8) is 0 Å². The van der Waals surface area contributed by atoms with Gasteiger partial charge in [-0.2, -0.15) is 0 Å². The van der Waals surface area contributed by atoms with Gasteiger partial charge in [-0.25, -0.2) is 8.78 Å². The van der Waals surface area contributed by atoms with Crippen molar-refractivity contribution < 1.29 is 23.0 Å². The quantitative estimate of drug-likeness (QED) is 0.351. The summed E-state index contributed by atoms with van der Waals surface area (Å²) in [6.45, 7) is 4.95. The lowest BCUT2D eigenvalue weighted by Gasteiger charge is -2.34. The van der Waals surface area contributed by atoms with Crippen LogP contribution in [0.2, 0.25) is 0 Å². The van der Waals surface area contributed by atoms with Gasteiger partial charge in [0.2, 0.25) is 0 Å². The number of amides is 1. The van der Waals surface area contributed by atoms with Crippen LogP contribution in [0.5, 0.6) is 11.5 Å². The summed E-state index contributed by atoms with van der Waals surface area (Å²) in [6.07, 6.45) is 10.4. The van der Waals surface area contributed by atoms with E-state index in [0.29, 0.717) is 35.7 Å². The Morgan fingerprint density at radius 2 is 1.71 bits per heavy atom. The number of nitrogens with zero attached hydrogens (tertiary/aromatic N) is 2. The van der Waals surface area contributed by atoms with Gasteiger partial charge in [0.25, 0.3) is 5.91 Å². The minimum absolute atomic E-state index is 0.126. The van der Waals surface area contributed by atoms with Crippen LogP contribution in [0, 0.1) is 17.6 Å². The Hall–Kier alpha value is -2.93. The second kappa shape index (κ2) is 13.2. The molecular formula is C31H40F2N2O3. The second-order valence-electron chi connectivity index (χ2n) is 10.7. The molecule has 1 amide bonds. The Balaban J connectivity index is 1.58. The maximum absolute atomic E-state index is 14.3. The zero-order valence-corrected chi connectivity index (χ0v) is 22.8. The molecule has 1 atom stereocenters. The van der Waals surface area contributed by atoms with Crippen LogP contribution in [0.1, 0.15) is 67.8 Å². The summed E-state index contributed by atoms with van der Waals surface area (Å²) in [5.41, 5.74) is 1.61. The molecule has 5 nitrogen and oxygen atoms in total. The summed E-state index contributed by atoms with van der Waals surface area (Å²) in [6, 6.07) is 9.03. The summed E-state index contributed by atoms with van der Waals surface area (Å²) in [5, 5.41) is 0. The highest BCUT2D eigenvalue weighted by Crippen LogP contribution is 2.29. The maximum Gasteiger partial charge on any atom is 0.254 e. The van der Waals surface area contributed by atoms with Gasteiger partial charge < -0.3 is 14.4 Å². The molecule has 1 heterocycles. The molecule has 2 aliphatic rings. The van der Waals surface area contributed by atoms with Crippen molar-refractivity contribution in [3.05, 3.63) is 64.7 Å². The fraction of sp³-hybridized carbons (Fsp3) is 0.516. The van der Waals surface area contributed by atoms with Crippen LogP contribution in [0.15, 0.2) is 42.0 Å². The molecule has 0 aromatic heterocycles. The maximum atomic E-state index is 14.3. The highest BCUT2D eigenvalue weighted by molar-refractivity contribution is 5.95. The molecule has 0 spiro atoms. The van der Waals surface area contributed by atoms with E-state index in [0.717, 1.165) is 43.5 Å². The average molecular weight is 527 g/mol. The summed E-state index contributed by atoms with van der Waals surface area (Å²) in [4.78, 5) is 18.3. The largest absolute Gasteiger partial charge is 0.497 e. The molecule has 7 heteroatoms. The smallest absolute Gasteiger partial charge is 0.254 e. The lowest BCUT2D eigenvalue weighted by atomic mass is 9.89. The molecule has 0 radical (unpaired) electrons. The third-order valence-electron chi connectivity index (χ3n) is 7.84. The third-order valence-corrected chi connectivity index (χ3v) is 7.84. The molecule has 38 heavy (non-hydrogen) atoms. The Labute approximate surface area is 225 Å². The number of methoxy groups -OCH3 is 2. The first-order chi connectivity index (χ1) is 18.4. The number of likely N-dealkylation sites (tertiary alicyclic amines) is 1. The Kier molecular flexibility index (Phi) is 9.78. The zero-order chi connectivity index (χ0) is 27.1. The third kappa shape index (κ3) is 7.34. The van der Waals surface area contributed by atoms with Crippen molar-refractivity contribution in [1.82, 2.24) is 9.80 Å². The highest BCUT2D eigenvalue weighted by atomic mass is 19.1. The number of halogens is 2. The molecule has 4 rings (SSSR count). The van der Waals surface area contributed by atoms with Gasteiger partial charge in [-0.1, -0.05) is 30.9 Å². The van der Waals surface area contributed by atoms with E-state index in [1.165, 1.54) is 44.2 Å². The number of rotatable bonds is 10. The molecule has 0 N–H and O–H groups in total. The van der Waals surface area contributed by atoms with Gasteiger partial charge in [0.1, 0.15) is 23.1 Å². The van der Waals surface area contributed by atoms with Gasteiger partial charge in [-0.3, -0.25) is 9.69 Å². The van der Waals surface area contributed by atoms with Crippen LogP contribution < -0.4 is 9.47 Å². The number of carbonyl (C=O) groups excluding carboxylic acids is 1. The minimum Gasteiger partial charge on any atom is -0.497 e. The highest BCUT2D eigenvalue weighted by Gasteiger charge is 2.31. The van der Waals surface area contributed by atoms with Gasteiger partial charge in [-0.05, 0) is 69.3 Å². The zero-order valence-electron chi connectivity index (χ0n) is 22.8. The van der Waals surface area contributed by atoms with Crippen LogP contribution in [-0.4, -0.2) is 62.1 Å².